The second-order valence-electron chi connectivity index (χ2n) is 9.12. The summed E-state index contributed by atoms with van der Waals surface area (Å²) < 4.78 is 6.20. The molecule has 0 radical (unpaired) electrons. The van der Waals surface area contributed by atoms with E-state index in [1.807, 2.05) is 4.90 Å². The molecule has 0 aromatic heterocycles. The van der Waals surface area contributed by atoms with Crippen LogP contribution in [0.2, 0.25) is 0 Å². The summed E-state index contributed by atoms with van der Waals surface area (Å²) in [4.78, 5) is 17.8. The highest BCUT2D eigenvalue weighted by atomic mass is 16.5. The molecule has 6 heteroatoms. The van der Waals surface area contributed by atoms with E-state index in [4.69, 9.17) is 4.74 Å². The van der Waals surface area contributed by atoms with E-state index in [1.54, 1.807) is 12.1 Å². The average Bonchev–Trinajstić information content (AvgIpc) is 3.10. The zero-order chi connectivity index (χ0) is 18.1. The number of carbonyl (C=O) groups is 1. The summed E-state index contributed by atoms with van der Waals surface area (Å²) in [5.41, 5.74) is 3.20. The van der Waals surface area contributed by atoms with E-state index in [-0.39, 0.29) is 35.0 Å². The molecule has 3 saturated heterocycles. The number of anilines is 1. The molecule has 6 atom stereocenters. The maximum Gasteiger partial charge on any atom is 0.229 e. The number of hydrogen-bond donors (Lipinski definition) is 2. The van der Waals surface area contributed by atoms with Crippen molar-refractivity contribution in [1.82, 2.24) is 4.90 Å². The first kappa shape index (κ1) is 14.9. The Bertz CT molecular complexity index is 942. The Balaban J connectivity index is 1.55. The lowest BCUT2D eigenvalue weighted by Crippen LogP contribution is -2.69. The van der Waals surface area contributed by atoms with Crippen molar-refractivity contribution in [2.75, 3.05) is 24.6 Å². The second-order valence-corrected chi connectivity index (χ2v) is 9.12. The van der Waals surface area contributed by atoms with E-state index in [2.05, 4.69) is 11.0 Å². The van der Waals surface area contributed by atoms with Gasteiger partial charge in [0, 0.05) is 30.0 Å². The molecular weight excluding hydrogens is 344 g/mol. The lowest BCUT2D eigenvalue weighted by Gasteiger charge is -2.58. The van der Waals surface area contributed by atoms with Crippen LogP contribution in [0.1, 0.15) is 24.8 Å². The fourth-order valence-electron chi connectivity index (χ4n) is 7.57. The van der Waals surface area contributed by atoms with Crippen molar-refractivity contribution in [1.29, 1.82) is 0 Å². The molecule has 1 aromatic carbocycles. The molecule has 1 unspecified atom stereocenters. The number of nitrogens with zero attached hydrogens (tertiary/aromatic N) is 2. The van der Waals surface area contributed by atoms with Gasteiger partial charge in [0.1, 0.15) is 0 Å². The molecular formula is C21H22N2O4. The van der Waals surface area contributed by atoms with Gasteiger partial charge in [-0.1, -0.05) is 11.6 Å². The van der Waals surface area contributed by atoms with E-state index >= 15 is 0 Å². The molecule has 140 valence electrons. The Labute approximate surface area is 157 Å². The number of aromatic hydroxyl groups is 2. The topological polar surface area (TPSA) is 73.2 Å². The molecule has 5 aliphatic heterocycles. The number of hydrogen-bond acceptors (Lipinski definition) is 5. The van der Waals surface area contributed by atoms with E-state index in [0.717, 1.165) is 37.2 Å². The number of ether oxygens (including phenoxy) is 1. The molecule has 6 aliphatic rings. The van der Waals surface area contributed by atoms with Crippen LogP contribution in [0.3, 0.4) is 0 Å². The standard InChI is InChI=1S/C21H22N2O4/c24-14-6-12-13(7-15(14)25)23-18(26)8-16-19-11-5-17-21(12,20(19)23)2-3-22(17)9-10(11)1-4-27-16/h1,6-7,11,16-17,19-20,24-25H,2-5,8-9H2/t11-,16-,17-,19?,20-,21+/m0/s1. The van der Waals surface area contributed by atoms with Crippen LogP contribution in [0.5, 0.6) is 11.5 Å². The third-order valence-corrected chi connectivity index (χ3v) is 8.41. The summed E-state index contributed by atoms with van der Waals surface area (Å²) in [6.07, 6.45) is 4.74. The van der Waals surface area contributed by atoms with Crippen LogP contribution in [0.25, 0.3) is 0 Å². The van der Waals surface area contributed by atoms with Crippen LogP contribution in [-0.2, 0) is 14.9 Å². The highest BCUT2D eigenvalue weighted by Gasteiger charge is 2.71. The Morgan fingerprint density at radius 1 is 1.22 bits per heavy atom. The number of piperidine rings is 2. The van der Waals surface area contributed by atoms with Gasteiger partial charge in [-0.25, -0.2) is 0 Å². The quantitative estimate of drug-likeness (QED) is 0.538. The maximum atomic E-state index is 13.2. The summed E-state index contributed by atoms with van der Waals surface area (Å²) in [6, 6.07) is 3.79. The molecule has 1 aromatic rings. The number of rotatable bonds is 0. The first-order valence-corrected chi connectivity index (χ1v) is 10.0. The molecule has 4 fully saturated rings. The lowest BCUT2D eigenvalue weighted by molar-refractivity contribution is -0.132. The zero-order valence-electron chi connectivity index (χ0n) is 15.0. The van der Waals surface area contributed by atoms with Crippen LogP contribution in [0, 0.1) is 11.8 Å². The monoisotopic (exact) mass is 366 g/mol. The van der Waals surface area contributed by atoms with E-state index in [9.17, 15) is 15.0 Å². The minimum Gasteiger partial charge on any atom is -0.504 e. The van der Waals surface area contributed by atoms with E-state index < -0.39 is 0 Å². The summed E-state index contributed by atoms with van der Waals surface area (Å²) in [5, 5.41) is 20.5. The van der Waals surface area contributed by atoms with Crippen molar-refractivity contribution in [2.24, 2.45) is 11.8 Å². The van der Waals surface area contributed by atoms with Crippen LogP contribution < -0.4 is 4.90 Å². The zero-order valence-corrected chi connectivity index (χ0v) is 15.0. The smallest absolute Gasteiger partial charge is 0.229 e. The maximum absolute atomic E-state index is 13.2. The molecule has 1 spiro atoms. The molecule has 27 heavy (non-hydrogen) atoms. The van der Waals surface area contributed by atoms with Crippen molar-refractivity contribution in [3.63, 3.8) is 0 Å². The van der Waals surface area contributed by atoms with Gasteiger partial charge in [0.25, 0.3) is 0 Å². The van der Waals surface area contributed by atoms with Gasteiger partial charge in [-0.2, -0.15) is 0 Å². The minimum atomic E-state index is -0.157. The molecule has 1 amide bonds. The summed E-state index contributed by atoms with van der Waals surface area (Å²) in [5.74, 6) is 0.633. The second kappa shape index (κ2) is 4.50. The number of carbonyl (C=O) groups excluding carboxylic acids is 1. The molecule has 2 bridgehead atoms. The summed E-state index contributed by atoms with van der Waals surface area (Å²) in [7, 11) is 0. The SMILES string of the molecule is O=C1C[C@@H]2OCC=C3CN4CC[C@]56c7cc(O)c(O)cc7N1[C@H]5C2[C@H]3C[C@H]46. The summed E-state index contributed by atoms with van der Waals surface area (Å²) in [6.45, 7) is 2.63. The number of amides is 1. The van der Waals surface area contributed by atoms with Gasteiger partial charge in [-0.15, -0.1) is 0 Å². The predicted octanol–water partition coefficient (Wildman–Crippen LogP) is 1.50. The van der Waals surface area contributed by atoms with Crippen LogP contribution in [-0.4, -0.2) is 58.9 Å². The van der Waals surface area contributed by atoms with Gasteiger partial charge in [0.15, 0.2) is 11.5 Å². The van der Waals surface area contributed by atoms with E-state index in [0.29, 0.717) is 30.9 Å². The van der Waals surface area contributed by atoms with Crippen LogP contribution in [0.15, 0.2) is 23.8 Å². The number of phenolic OH excluding ortho intramolecular Hbond substituents is 2. The summed E-state index contributed by atoms with van der Waals surface area (Å²) >= 11 is 0. The van der Waals surface area contributed by atoms with Crippen molar-refractivity contribution in [3.05, 3.63) is 29.3 Å². The molecule has 2 N–H and O–H groups in total. The largest absolute Gasteiger partial charge is 0.504 e. The normalized spacial score (nSPS) is 43.4. The Morgan fingerprint density at radius 3 is 2.96 bits per heavy atom. The Hall–Kier alpha value is -2.05. The highest BCUT2D eigenvalue weighted by Crippen LogP contribution is 2.66. The Morgan fingerprint density at radius 2 is 2.07 bits per heavy atom. The number of benzene rings is 1. The van der Waals surface area contributed by atoms with Gasteiger partial charge in [-0.05, 0) is 36.9 Å². The predicted molar refractivity (Wildman–Crippen MR) is 96.7 cm³/mol. The van der Waals surface area contributed by atoms with Crippen molar-refractivity contribution >= 4 is 11.6 Å². The van der Waals surface area contributed by atoms with Crippen LogP contribution >= 0.6 is 0 Å². The lowest BCUT2D eigenvalue weighted by atomic mass is 9.53. The van der Waals surface area contributed by atoms with Crippen molar-refractivity contribution in [2.45, 2.75) is 42.9 Å². The fraction of sp³-hybridized carbons (Fsp3) is 0.571. The van der Waals surface area contributed by atoms with Gasteiger partial charge >= 0.3 is 0 Å². The van der Waals surface area contributed by atoms with Gasteiger partial charge < -0.3 is 19.8 Å². The molecule has 5 heterocycles. The first-order valence-electron chi connectivity index (χ1n) is 10.0. The number of phenols is 2. The third kappa shape index (κ3) is 1.49. The van der Waals surface area contributed by atoms with Crippen molar-refractivity contribution < 1.29 is 19.7 Å². The molecule has 7 rings (SSSR count). The van der Waals surface area contributed by atoms with Gasteiger partial charge in [-0.3, -0.25) is 9.69 Å². The first-order chi connectivity index (χ1) is 13.1. The highest BCUT2D eigenvalue weighted by molar-refractivity contribution is 5.99. The number of fused-ring (bicyclic) bond motifs is 2. The molecule has 6 nitrogen and oxygen atoms in total. The fourth-order valence-corrected chi connectivity index (χ4v) is 7.57. The van der Waals surface area contributed by atoms with Crippen molar-refractivity contribution in [3.8, 4) is 11.5 Å². The molecule has 1 aliphatic carbocycles. The molecule has 1 saturated carbocycles. The van der Waals surface area contributed by atoms with Gasteiger partial charge in [0.2, 0.25) is 5.91 Å². The third-order valence-electron chi connectivity index (χ3n) is 8.41. The Kier molecular flexibility index (Phi) is 2.49. The van der Waals surface area contributed by atoms with E-state index in [1.165, 1.54) is 5.57 Å². The minimum absolute atomic E-state index is 0.0287. The van der Waals surface area contributed by atoms with Crippen LogP contribution in [0.4, 0.5) is 5.69 Å². The van der Waals surface area contributed by atoms with Gasteiger partial charge in [0.05, 0.1) is 30.9 Å². The average molecular weight is 366 g/mol.